The number of hydrogen-bond donors (Lipinski definition) is 2. The molecular weight excluding hydrogens is 316 g/mol. The smallest absolute Gasteiger partial charge is 0.297 e. The maximum absolute atomic E-state index is 13.0. The average Bonchev–Trinajstić information content (AvgIpc) is 2.76. The fraction of sp³-hybridized carbons (Fsp3) is 0. The molecule has 9 heteroatoms. The van der Waals surface area contributed by atoms with E-state index in [1.165, 1.54) is 6.07 Å². The second kappa shape index (κ2) is 4.76. The third-order valence-electron chi connectivity index (χ3n) is 1.79. The molecule has 6 nitrogen and oxygen atoms in total. The Balaban J connectivity index is 2.28. The lowest BCUT2D eigenvalue weighted by atomic mass is 10.3. The molecule has 2 aromatic rings. The minimum atomic E-state index is -0.604. The Morgan fingerprint density at radius 1 is 1.53 bits per heavy atom. The van der Waals surface area contributed by atoms with Crippen LogP contribution in [0.5, 0.6) is 0 Å². The number of H-pyrrole nitrogens is 1. The summed E-state index contributed by atoms with van der Waals surface area (Å²) in [7, 11) is 0. The lowest BCUT2D eigenvalue weighted by Crippen LogP contribution is -2.14. The molecule has 0 aliphatic rings. The van der Waals surface area contributed by atoms with Gasteiger partial charge in [0, 0.05) is 4.47 Å². The average molecular weight is 321 g/mol. The summed E-state index contributed by atoms with van der Waals surface area (Å²) < 4.78 is 13.3. The number of carbonyl (C=O) groups is 1. The van der Waals surface area contributed by atoms with Gasteiger partial charge in [0.25, 0.3) is 11.7 Å². The Morgan fingerprint density at radius 3 is 2.88 bits per heavy atom. The van der Waals surface area contributed by atoms with Crippen LogP contribution < -0.4 is 5.32 Å². The van der Waals surface area contributed by atoms with Crippen LogP contribution in [0, 0.1) is 5.82 Å². The van der Waals surface area contributed by atoms with E-state index in [1.807, 2.05) is 0 Å². The number of nitrogens with one attached hydrogen (secondary N) is 2. The lowest BCUT2D eigenvalue weighted by molar-refractivity contribution is 0.101. The fourth-order valence-corrected chi connectivity index (χ4v) is 1.99. The van der Waals surface area contributed by atoms with Gasteiger partial charge in [-0.1, -0.05) is 11.6 Å². The molecule has 17 heavy (non-hydrogen) atoms. The first-order valence-corrected chi connectivity index (χ1v) is 5.44. The molecule has 1 amide bonds. The normalized spacial score (nSPS) is 10.3. The van der Waals surface area contributed by atoms with E-state index in [4.69, 9.17) is 11.6 Å². The maximum Gasteiger partial charge on any atom is 0.297 e. The van der Waals surface area contributed by atoms with Crippen LogP contribution in [0.3, 0.4) is 0 Å². The van der Waals surface area contributed by atoms with Crippen molar-refractivity contribution in [3.8, 4) is 0 Å². The number of rotatable bonds is 2. The molecular formula is C8H4BrClFN5O. The summed E-state index contributed by atoms with van der Waals surface area (Å²) >= 11 is 8.88. The van der Waals surface area contributed by atoms with E-state index in [0.717, 1.165) is 6.07 Å². The summed E-state index contributed by atoms with van der Waals surface area (Å²) in [4.78, 5) is 11.6. The number of amides is 1. The van der Waals surface area contributed by atoms with Crippen molar-refractivity contribution in [1.29, 1.82) is 0 Å². The van der Waals surface area contributed by atoms with Gasteiger partial charge >= 0.3 is 0 Å². The van der Waals surface area contributed by atoms with Gasteiger partial charge in [0.2, 0.25) is 0 Å². The Bertz CT molecular complexity index is 538. The number of tetrazole rings is 1. The molecule has 0 radical (unpaired) electrons. The Labute approximate surface area is 108 Å². The van der Waals surface area contributed by atoms with Gasteiger partial charge in [-0.2, -0.15) is 5.21 Å². The van der Waals surface area contributed by atoms with Crippen molar-refractivity contribution in [2.24, 2.45) is 0 Å². The molecule has 0 saturated carbocycles. The molecule has 0 atom stereocenters. The number of benzene rings is 1. The molecule has 2 rings (SSSR count). The molecule has 0 aliphatic carbocycles. The van der Waals surface area contributed by atoms with Crippen molar-refractivity contribution in [2.75, 3.05) is 5.32 Å². The van der Waals surface area contributed by atoms with Crippen LogP contribution in [0.25, 0.3) is 0 Å². The van der Waals surface area contributed by atoms with Crippen LogP contribution >= 0.6 is 27.5 Å². The number of anilines is 1. The molecule has 0 aliphatic heterocycles. The highest BCUT2D eigenvalue weighted by Crippen LogP contribution is 2.31. The first kappa shape index (κ1) is 11.9. The van der Waals surface area contributed by atoms with E-state index < -0.39 is 11.7 Å². The summed E-state index contributed by atoms with van der Waals surface area (Å²) in [5.74, 6) is -1.26. The molecule has 0 bridgehead atoms. The third-order valence-corrected chi connectivity index (χ3v) is 2.72. The summed E-state index contributed by atoms with van der Waals surface area (Å²) in [6.45, 7) is 0. The van der Waals surface area contributed by atoms with E-state index in [1.54, 1.807) is 0 Å². The molecule has 1 aromatic carbocycles. The van der Waals surface area contributed by atoms with Gasteiger partial charge in [-0.05, 0) is 33.3 Å². The monoisotopic (exact) mass is 319 g/mol. The number of nitrogens with zero attached hydrogens (tertiary/aromatic N) is 3. The van der Waals surface area contributed by atoms with E-state index in [-0.39, 0.29) is 16.5 Å². The molecule has 2 N–H and O–H groups in total. The van der Waals surface area contributed by atoms with E-state index >= 15 is 0 Å². The van der Waals surface area contributed by atoms with Crippen molar-refractivity contribution in [3.05, 3.63) is 33.3 Å². The standard InChI is InChI=1S/C8H4BrClFN5O/c9-4-1-3(11)2-5(10)6(4)12-8(17)7-13-15-16-14-7/h1-2H,(H,12,17)(H,13,14,15,16). The third kappa shape index (κ3) is 2.59. The summed E-state index contributed by atoms with van der Waals surface area (Å²) in [5, 5.41) is 14.9. The Morgan fingerprint density at radius 2 is 2.29 bits per heavy atom. The highest BCUT2D eigenvalue weighted by Gasteiger charge is 2.15. The van der Waals surface area contributed by atoms with Gasteiger partial charge in [0.05, 0.1) is 10.7 Å². The van der Waals surface area contributed by atoms with Crippen molar-refractivity contribution < 1.29 is 9.18 Å². The predicted octanol–water partition coefficient (Wildman–Crippen LogP) is 2.01. The SMILES string of the molecule is O=C(Nc1c(Cl)cc(F)cc1Br)c1nn[nH]n1. The summed E-state index contributed by atoms with van der Waals surface area (Å²) in [6.07, 6.45) is 0. The lowest BCUT2D eigenvalue weighted by Gasteiger charge is -2.07. The zero-order valence-corrected chi connectivity index (χ0v) is 10.4. The zero-order chi connectivity index (χ0) is 12.4. The van der Waals surface area contributed by atoms with Crippen molar-refractivity contribution in [2.45, 2.75) is 0 Å². The Hall–Kier alpha value is -1.54. The number of aromatic amines is 1. The highest BCUT2D eigenvalue weighted by atomic mass is 79.9. The van der Waals surface area contributed by atoms with Crippen LogP contribution in [-0.4, -0.2) is 26.5 Å². The number of halogens is 3. The minimum absolute atomic E-state index is 0.0636. The topological polar surface area (TPSA) is 83.6 Å². The number of aromatic nitrogens is 4. The fourth-order valence-electron chi connectivity index (χ4n) is 1.09. The maximum atomic E-state index is 13.0. The second-order valence-corrected chi connectivity index (χ2v) is 4.20. The second-order valence-electron chi connectivity index (χ2n) is 2.93. The quantitative estimate of drug-likeness (QED) is 0.886. The number of hydrogen-bond acceptors (Lipinski definition) is 4. The molecule has 88 valence electrons. The predicted molar refractivity (Wildman–Crippen MR) is 61.2 cm³/mol. The van der Waals surface area contributed by atoms with E-state index in [9.17, 15) is 9.18 Å². The van der Waals surface area contributed by atoms with Crippen LogP contribution in [0.1, 0.15) is 10.6 Å². The molecule has 0 fully saturated rings. The van der Waals surface area contributed by atoms with Crippen molar-refractivity contribution in [3.63, 3.8) is 0 Å². The summed E-state index contributed by atoms with van der Waals surface area (Å²) in [5.41, 5.74) is 0.239. The Kier molecular flexibility index (Phi) is 3.34. The first-order valence-electron chi connectivity index (χ1n) is 4.27. The van der Waals surface area contributed by atoms with Gasteiger partial charge in [0.15, 0.2) is 0 Å². The minimum Gasteiger partial charge on any atom is -0.317 e. The van der Waals surface area contributed by atoms with Crippen LogP contribution in [0.15, 0.2) is 16.6 Å². The van der Waals surface area contributed by atoms with Crippen LogP contribution in [-0.2, 0) is 0 Å². The van der Waals surface area contributed by atoms with Gasteiger partial charge in [0.1, 0.15) is 5.82 Å². The molecule has 0 unspecified atom stereocenters. The molecule has 0 saturated heterocycles. The molecule has 1 aromatic heterocycles. The van der Waals surface area contributed by atoms with Gasteiger partial charge in [-0.15, -0.1) is 10.2 Å². The van der Waals surface area contributed by atoms with E-state index in [0.29, 0.717) is 4.47 Å². The zero-order valence-electron chi connectivity index (χ0n) is 8.04. The van der Waals surface area contributed by atoms with Gasteiger partial charge in [-0.25, -0.2) is 4.39 Å². The molecule has 0 spiro atoms. The highest BCUT2D eigenvalue weighted by molar-refractivity contribution is 9.10. The number of carbonyl (C=O) groups excluding carboxylic acids is 1. The van der Waals surface area contributed by atoms with Crippen molar-refractivity contribution >= 4 is 39.1 Å². The van der Waals surface area contributed by atoms with E-state index in [2.05, 4.69) is 41.9 Å². The molecule has 1 heterocycles. The van der Waals surface area contributed by atoms with Crippen LogP contribution in [0.4, 0.5) is 10.1 Å². The largest absolute Gasteiger partial charge is 0.317 e. The van der Waals surface area contributed by atoms with Gasteiger partial charge < -0.3 is 5.32 Å². The van der Waals surface area contributed by atoms with Crippen LogP contribution in [0.2, 0.25) is 5.02 Å². The first-order chi connectivity index (χ1) is 8.08. The van der Waals surface area contributed by atoms with Crippen molar-refractivity contribution in [1.82, 2.24) is 20.6 Å². The summed E-state index contributed by atoms with van der Waals surface area (Å²) in [6, 6.07) is 2.26. The van der Waals surface area contributed by atoms with Gasteiger partial charge in [-0.3, -0.25) is 4.79 Å².